The number of aliphatic hydroxyl groups is 1. The maximum Gasteiger partial charge on any atom is 0.232 e. The first-order valence-electron chi connectivity index (χ1n) is 6.55. The van der Waals surface area contributed by atoms with Gasteiger partial charge in [-0.05, 0) is 32.3 Å². The van der Waals surface area contributed by atoms with E-state index in [-0.39, 0.29) is 12.5 Å². The second kappa shape index (κ2) is 5.11. The first-order chi connectivity index (χ1) is 8.57. The van der Waals surface area contributed by atoms with Crippen LogP contribution < -0.4 is 0 Å². The van der Waals surface area contributed by atoms with Gasteiger partial charge < -0.3 is 10.0 Å². The van der Waals surface area contributed by atoms with Gasteiger partial charge in [-0.3, -0.25) is 4.79 Å². The minimum atomic E-state index is -0.529. The van der Waals surface area contributed by atoms with E-state index >= 15 is 0 Å². The number of hydrogen-bond acceptors (Lipinski definition) is 2. The number of rotatable bonds is 5. The standard InChI is InChI=1S/C15H21NO2/c1-15(2,12-6-4-3-5-7-12)14(18)16(10-11-17)13-8-9-13/h3-7,13,17H,8-11H2,1-2H3. The third-order valence-electron chi connectivity index (χ3n) is 3.62. The van der Waals surface area contributed by atoms with Crippen molar-refractivity contribution >= 4 is 5.91 Å². The highest BCUT2D eigenvalue weighted by Gasteiger charge is 2.40. The Balaban J connectivity index is 2.20. The summed E-state index contributed by atoms with van der Waals surface area (Å²) in [5.74, 6) is 0.116. The highest BCUT2D eigenvalue weighted by atomic mass is 16.3. The van der Waals surface area contributed by atoms with Crippen molar-refractivity contribution in [3.05, 3.63) is 35.9 Å². The highest BCUT2D eigenvalue weighted by molar-refractivity contribution is 5.87. The quantitative estimate of drug-likeness (QED) is 0.864. The molecule has 1 amide bonds. The lowest BCUT2D eigenvalue weighted by Gasteiger charge is -2.32. The van der Waals surface area contributed by atoms with Crippen molar-refractivity contribution in [2.45, 2.75) is 38.1 Å². The Morgan fingerprint density at radius 3 is 2.44 bits per heavy atom. The second-order valence-corrected chi connectivity index (χ2v) is 5.44. The Morgan fingerprint density at radius 2 is 1.94 bits per heavy atom. The van der Waals surface area contributed by atoms with Gasteiger partial charge in [-0.25, -0.2) is 0 Å². The summed E-state index contributed by atoms with van der Waals surface area (Å²) in [6.45, 7) is 4.39. The van der Waals surface area contributed by atoms with Crippen LogP contribution in [0.15, 0.2) is 30.3 Å². The maximum atomic E-state index is 12.7. The van der Waals surface area contributed by atoms with Gasteiger partial charge in [0, 0.05) is 12.6 Å². The van der Waals surface area contributed by atoms with Crippen molar-refractivity contribution in [3.8, 4) is 0 Å². The zero-order valence-corrected chi connectivity index (χ0v) is 11.1. The lowest BCUT2D eigenvalue weighted by Crippen LogP contribution is -2.45. The minimum Gasteiger partial charge on any atom is -0.395 e. The third kappa shape index (κ3) is 2.56. The smallest absolute Gasteiger partial charge is 0.232 e. The zero-order valence-electron chi connectivity index (χ0n) is 11.1. The molecule has 3 heteroatoms. The summed E-state index contributed by atoms with van der Waals surface area (Å²) in [5.41, 5.74) is 0.498. The van der Waals surface area contributed by atoms with Crippen LogP contribution in [-0.4, -0.2) is 35.1 Å². The van der Waals surface area contributed by atoms with Gasteiger partial charge in [0.1, 0.15) is 0 Å². The summed E-state index contributed by atoms with van der Waals surface area (Å²) in [7, 11) is 0. The van der Waals surface area contributed by atoms with E-state index in [1.54, 1.807) is 0 Å². The summed E-state index contributed by atoms with van der Waals surface area (Å²) >= 11 is 0. The molecule has 1 saturated carbocycles. The van der Waals surface area contributed by atoms with Crippen LogP contribution in [0.2, 0.25) is 0 Å². The first-order valence-corrected chi connectivity index (χ1v) is 6.55. The number of aliphatic hydroxyl groups excluding tert-OH is 1. The molecule has 0 heterocycles. The fourth-order valence-electron chi connectivity index (χ4n) is 2.28. The van der Waals surface area contributed by atoms with Crippen molar-refractivity contribution in [1.29, 1.82) is 0 Å². The van der Waals surface area contributed by atoms with Gasteiger partial charge >= 0.3 is 0 Å². The van der Waals surface area contributed by atoms with Crippen LogP contribution in [0.4, 0.5) is 0 Å². The largest absolute Gasteiger partial charge is 0.395 e. The molecule has 18 heavy (non-hydrogen) atoms. The molecule has 0 bridgehead atoms. The van der Waals surface area contributed by atoms with Crippen molar-refractivity contribution in [1.82, 2.24) is 4.90 Å². The van der Waals surface area contributed by atoms with Gasteiger partial charge in [0.05, 0.1) is 12.0 Å². The highest BCUT2D eigenvalue weighted by Crippen LogP contribution is 2.32. The molecule has 1 N–H and O–H groups in total. The van der Waals surface area contributed by atoms with Gasteiger partial charge in [0.25, 0.3) is 0 Å². The predicted octanol–water partition coefficient (Wildman–Crippen LogP) is 1.95. The maximum absolute atomic E-state index is 12.7. The van der Waals surface area contributed by atoms with E-state index in [2.05, 4.69) is 0 Å². The molecule has 3 nitrogen and oxygen atoms in total. The number of amides is 1. The number of hydrogen-bond donors (Lipinski definition) is 1. The van der Waals surface area contributed by atoms with Crippen LogP contribution in [0.1, 0.15) is 32.3 Å². The summed E-state index contributed by atoms with van der Waals surface area (Å²) in [4.78, 5) is 14.5. The summed E-state index contributed by atoms with van der Waals surface area (Å²) in [6.07, 6.45) is 2.13. The zero-order chi connectivity index (χ0) is 13.2. The lowest BCUT2D eigenvalue weighted by atomic mass is 9.83. The Kier molecular flexibility index (Phi) is 3.71. The van der Waals surface area contributed by atoms with E-state index in [1.807, 2.05) is 49.1 Å². The Labute approximate surface area is 108 Å². The van der Waals surface area contributed by atoms with Crippen LogP contribution in [0.3, 0.4) is 0 Å². The normalized spacial score (nSPS) is 15.5. The monoisotopic (exact) mass is 247 g/mol. The van der Waals surface area contributed by atoms with E-state index in [4.69, 9.17) is 5.11 Å². The average Bonchev–Trinajstić information content (AvgIpc) is 3.20. The second-order valence-electron chi connectivity index (χ2n) is 5.44. The molecule has 0 unspecified atom stereocenters. The molecule has 2 rings (SSSR count). The molecular weight excluding hydrogens is 226 g/mol. The molecule has 0 radical (unpaired) electrons. The molecule has 1 aromatic carbocycles. The van der Waals surface area contributed by atoms with Crippen LogP contribution in [0.25, 0.3) is 0 Å². The molecule has 0 saturated heterocycles. The van der Waals surface area contributed by atoms with Gasteiger partial charge in [-0.2, -0.15) is 0 Å². The Morgan fingerprint density at radius 1 is 1.33 bits per heavy atom. The van der Waals surface area contributed by atoms with Gasteiger partial charge in [0.2, 0.25) is 5.91 Å². The van der Waals surface area contributed by atoms with Crippen molar-refractivity contribution in [3.63, 3.8) is 0 Å². The SMILES string of the molecule is CC(C)(C(=O)N(CCO)C1CC1)c1ccccc1. The van der Waals surface area contributed by atoms with Crippen molar-refractivity contribution in [2.24, 2.45) is 0 Å². The molecule has 98 valence electrons. The van der Waals surface area contributed by atoms with E-state index in [9.17, 15) is 4.79 Å². The number of carbonyl (C=O) groups excluding carboxylic acids is 1. The van der Waals surface area contributed by atoms with Gasteiger partial charge in [-0.15, -0.1) is 0 Å². The van der Waals surface area contributed by atoms with Crippen LogP contribution in [-0.2, 0) is 10.2 Å². The number of nitrogens with zero attached hydrogens (tertiary/aromatic N) is 1. The molecule has 0 atom stereocenters. The average molecular weight is 247 g/mol. The van der Waals surface area contributed by atoms with Gasteiger partial charge in [0.15, 0.2) is 0 Å². The minimum absolute atomic E-state index is 0.0348. The van der Waals surface area contributed by atoms with Crippen molar-refractivity contribution < 1.29 is 9.90 Å². The van der Waals surface area contributed by atoms with E-state index < -0.39 is 5.41 Å². The lowest BCUT2D eigenvalue weighted by molar-refractivity contribution is -0.137. The fraction of sp³-hybridized carbons (Fsp3) is 0.533. The molecule has 1 fully saturated rings. The molecule has 1 aromatic rings. The fourth-order valence-corrected chi connectivity index (χ4v) is 2.28. The topological polar surface area (TPSA) is 40.5 Å². The van der Waals surface area contributed by atoms with E-state index in [1.165, 1.54) is 0 Å². The van der Waals surface area contributed by atoms with E-state index in [0.717, 1.165) is 18.4 Å². The molecule has 0 aromatic heterocycles. The van der Waals surface area contributed by atoms with Crippen molar-refractivity contribution in [2.75, 3.05) is 13.2 Å². The van der Waals surface area contributed by atoms with Crippen LogP contribution in [0, 0.1) is 0 Å². The Hall–Kier alpha value is -1.35. The van der Waals surface area contributed by atoms with Gasteiger partial charge in [-0.1, -0.05) is 30.3 Å². The summed E-state index contributed by atoms with van der Waals surface area (Å²) in [6, 6.07) is 10.2. The predicted molar refractivity (Wildman–Crippen MR) is 71.3 cm³/mol. The first kappa shape index (κ1) is 13.1. The third-order valence-corrected chi connectivity index (χ3v) is 3.62. The van der Waals surface area contributed by atoms with Crippen LogP contribution in [0.5, 0.6) is 0 Å². The van der Waals surface area contributed by atoms with E-state index in [0.29, 0.717) is 12.6 Å². The molecule has 1 aliphatic rings. The molecule has 0 aliphatic heterocycles. The molecule has 0 spiro atoms. The summed E-state index contributed by atoms with van der Waals surface area (Å²) in [5, 5.41) is 9.10. The molecule has 1 aliphatic carbocycles. The number of benzene rings is 1. The summed E-state index contributed by atoms with van der Waals surface area (Å²) < 4.78 is 0. The Bertz CT molecular complexity index is 410. The molecular formula is C15H21NO2. The number of carbonyl (C=O) groups is 1. The van der Waals surface area contributed by atoms with Crippen LogP contribution >= 0.6 is 0 Å².